The average molecular weight is 436 g/mol. The van der Waals surface area contributed by atoms with Crippen LogP contribution in [0.15, 0.2) is 48.8 Å². The summed E-state index contributed by atoms with van der Waals surface area (Å²) >= 11 is 0. The number of rotatable bonds is 5. The van der Waals surface area contributed by atoms with E-state index in [0.717, 1.165) is 35.8 Å². The second kappa shape index (κ2) is 8.17. The number of nitro groups is 1. The smallest absolute Gasteiger partial charge is 0.454 e. The molecule has 5 rings (SSSR count). The fraction of sp³-hybridized carbons (Fsp3) is 0.286. The molecule has 1 aromatic heterocycles. The summed E-state index contributed by atoms with van der Waals surface area (Å²) < 4.78 is 12.2. The molecule has 2 aliphatic heterocycles. The Balaban J connectivity index is 1.18. The molecule has 1 fully saturated rings. The molecule has 2 aromatic carbocycles. The van der Waals surface area contributed by atoms with E-state index in [0.29, 0.717) is 25.2 Å². The number of carbonyl (C=O) groups is 1. The predicted molar refractivity (Wildman–Crippen MR) is 113 cm³/mol. The molecule has 32 heavy (non-hydrogen) atoms. The first-order valence-electron chi connectivity index (χ1n) is 10.1. The molecule has 3 aromatic rings. The van der Waals surface area contributed by atoms with Crippen molar-refractivity contribution in [3.8, 4) is 11.5 Å². The first kappa shape index (κ1) is 19.8. The Morgan fingerprint density at radius 2 is 1.78 bits per heavy atom. The number of ether oxygens (including phenoxy) is 2. The number of carbonyl (C=O) groups excluding carboxylic acids is 1. The number of amides is 1. The molecule has 0 aliphatic carbocycles. The minimum atomic E-state index is -0.634. The third-order valence-electron chi connectivity index (χ3n) is 5.52. The van der Waals surface area contributed by atoms with E-state index < -0.39 is 10.9 Å². The molecule has 0 bridgehead atoms. The van der Waals surface area contributed by atoms with Crippen molar-refractivity contribution < 1.29 is 19.2 Å². The maximum absolute atomic E-state index is 12.9. The van der Waals surface area contributed by atoms with Crippen molar-refractivity contribution in [1.82, 2.24) is 19.7 Å². The zero-order chi connectivity index (χ0) is 22.1. The minimum Gasteiger partial charge on any atom is -0.454 e. The molecule has 0 spiro atoms. The van der Waals surface area contributed by atoms with E-state index in [4.69, 9.17) is 9.47 Å². The van der Waals surface area contributed by atoms with Crippen LogP contribution in [0.4, 0.5) is 11.6 Å². The third-order valence-corrected chi connectivity index (χ3v) is 5.52. The van der Waals surface area contributed by atoms with Gasteiger partial charge in [0.2, 0.25) is 13.1 Å². The summed E-state index contributed by atoms with van der Waals surface area (Å²) in [6.07, 6.45) is 1.32. The maximum Gasteiger partial charge on any atom is 0.490 e. The highest BCUT2D eigenvalue weighted by molar-refractivity contribution is 5.94. The van der Waals surface area contributed by atoms with Gasteiger partial charge in [-0.2, -0.15) is 4.68 Å². The quantitative estimate of drug-likeness (QED) is 0.440. The molecule has 0 radical (unpaired) electrons. The van der Waals surface area contributed by atoms with Crippen molar-refractivity contribution in [2.45, 2.75) is 6.54 Å². The summed E-state index contributed by atoms with van der Waals surface area (Å²) in [5, 5.41) is 14.5. The van der Waals surface area contributed by atoms with Crippen molar-refractivity contribution >= 4 is 17.5 Å². The molecule has 1 saturated heterocycles. The molecule has 2 aliphatic rings. The summed E-state index contributed by atoms with van der Waals surface area (Å²) in [7, 11) is 0. The van der Waals surface area contributed by atoms with Crippen LogP contribution < -0.4 is 14.4 Å². The summed E-state index contributed by atoms with van der Waals surface area (Å²) in [5.74, 6) is 1.06. The summed E-state index contributed by atoms with van der Waals surface area (Å²) in [6.45, 7) is 3.29. The minimum absolute atomic E-state index is 0.0155. The van der Waals surface area contributed by atoms with Crippen molar-refractivity contribution in [2.24, 2.45) is 0 Å². The van der Waals surface area contributed by atoms with Crippen LogP contribution in [0.25, 0.3) is 0 Å². The highest BCUT2D eigenvalue weighted by atomic mass is 16.7. The fourth-order valence-electron chi connectivity index (χ4n) is 3.82. The zero-order valence-corrected chi connectivity index (χ0v) is 17.1. The van der Waals surface area contributed by atoms with Crippen LogP contribution in [0, 0.1) is 10.1 Å². The monoisotopic (exact) mass is 436 g/mol. The van der Waals surface area contributed by atoms with Gasteiger partial charge in [0.25, 0.3) is 5.91 Å². The molecule has 11 heteroatoms. The number of piperazine rings is 1. The third kappa shape index (κ3) is 3.92. The maximum atomic E-state index is 12.9. The molecule has 0 N–H and O–H groups in total. The van der Waals surface area contributed by atoms with Gasteiger partial charge in [-0.15, -0.1) is 0 Å². The zero-order valence-electron chi connectivity index (χ0n) is 17.1. The SMILES string of the molecule is O=C(c1ccc(Cn2cnc([N+](=O)[O-])n2)cc1)N1CCN(c2ccc3c(c2)OCO3)CC1. The van der Waals surface area contributed by atoms with Gasteiger partial charge in [0.15, 0.2) is 11.5 Å². The van der Waals surface area contributed by atoms with Crippen LogP contribution in [0.2, 0.25) is 0 Å². The van der Waals surface area contributed by atoms with Crippen LogP contribution in [0.3, 0.4) is 0 Å². The number of nitrogens with zero attached hydrogens (tertiary/aromatic N) is 6. The number of hydrogen-bond donors (Lipinski definition) is 0. The Morgan fingerprint density at radius 1 is 1.03 bits per heavy atom. The predicted octanol–water partition coefficient (Wildman–Crippen LogP) is 1.93. The standard InChI is InChI=1S/C21H20N6O5/c28-20(16-3-1-15(2-4-16)12-26-13-22-21(23-26)27(29)30)25-9-7-24(8-10-25)17-5-6-18-19(11-17)32-14-31-18/h1-6,11,13H,7-10,12,14H2. The van der Waals surface area contributed by atoms with Gasteiger partial charge in [0.05, 0.1) is 6.54 Å². The van der Waals surface area contributed by atoms with Crippen LogP contribution in [0.1, 0.15) is 15.9 Å². The molecule has 11 nitrogen and oxygen atoms in total. The second-order valence-corrected chi connectivity index (χ2v) is 7.51. The first-order chi connectivity index (χ1) is 15.6. The summed E-state index contributed by atoms with van der Waals surface area (Å²) in [5.41, 5.74) is 2.53. The van der Waals surface area contributed by atoms with Gasteiger partial charge in [-0.05, 0) is 34.8 Å². The van der Waals surface area contributed by atoms with Crippen LogP contribution in [-0.2, 0) is 6.54 Å². The first-order valence-corrected chi connectivity index (χ1v) is 10.1. The Hall–Kier alpha value is -4.15. The highest BCUT2D eigenvalue weighted by Crippen LogP contribution is 2.35. The van der Waals surface area contributed by atoms with Crippen molar-refractivity contribution in [3.05, 3.63) is 70.0 Å². The Bertz CT molecular complexity index is 1150. The highest BCUT2D eigenvalue weighted by Gasteiger charge is 2.24. The van der Waals surface area contributed by atoms with E-state index in [9.17, 15) is 14.9 Å². The molecular weight excluding hydrogens is 416 g/mol. The van der Waals surface area contributed by atoms with Gasteiger partial charge < -0.3 is 29.4 Å². The van der Waals surface area contributed by atoms with Gasteiger partial charge in [-0.3, -0.25) is 4.79 Å². The van der Waals surface area contributed by atoms with Crippen LogP contribution >= 0.6 is 0 Å². The number of anilines is 1. The lowest BCUT2D eigenvalue weighted by atomic mass is 10.1. The Morgan fingerprint density at radius 3 is 2.50 bits per heavy atom. The number of hydrogen-bond acceptors (Lipinski definition) is 8. The van der Waals surface area contributed by atoms with Crippen LogP contribution in [-0.4, -0.2) is 63.5 Å². The van der Waals surface area contributed by atoms with E-state index in [1.54, 1.807) is 12.1 Å². The van der Waals surface area contributed by atoms with Crippen molar-refractivity contribution in [2.75, 3.05) is 37.9 Å². The molecule has 3 heterocycles. The lowest BCUT2D eigenvalue weighted by Gasteiger charge is -2.36. The average Bonchev–Trinajstić information content (AvgIpc) is 3.48. The lowest BCUT2D eigenvalue weighted by Crippen LogP contribution is -2.48. The van der Waals surface area contributed by atoms with Gasteiger partial charge in [-0.1, -0.05) is 17.1 Å². The second-order valence-electron chi connectivity index (χ2n) is 7.51. The molecule has 0 unspecified atom stereocenters. The molecule has 164 valence electrons. The van der Waals surface area contributed by atoms with Crippen molar-refractivity contribution in [1.29, 1.82) is 0 Å². The largest absolute Gasteiger partial charge is 0.490 e. The topological polar surface area (TPSA) is 116 Å². The normalized spacial score (nSPS) is 15.1. The van der Waals surface area contributed by atoms with Gasteiger partial charge in [0, 0.05) is 48.6 Å². The Kier molecular flexibility index (Phi) is 5.06. The number of aromatic nitrogens is 3. The fourth-order valence-corrected chi connectivity index (χ4v) is 3.82. The van der Waals surface area contributed by atoms with Gasteiger partial charge in [-0.25, -0.2) is 0 Å². The number of benzene rings is 2. The van der Waals surface area contributed by atoms with Crippen LogP contribution in [0.5, 0.6) is 11.5 Å². The van der Waals surface area contributed by atoms with Gasteiger partial charge >= 0.3 is 5.95 Å². The summed E-state index contributed by atoms with van der Waals surface area (Å²) in [6, 6.07) is 13.1. The molecule has 0 atom stereocenters. The molecule has 1 amide bonds. The molecule has 0 saturated carbocycles. The number of fused-ring (bicyclic) bond motifs is 1. The van der Waals surface area contributed by atoms with E-state index in [-0.39, 0.29) is 12.7 Å². The lowest BCUT2D eigenvalue weighted by molar-refractivity contribution is -0.394. The van der Waals surface area contributed by atoms with Gasteiger partial charge in [0.1, 0.15) is 0 Å². The van der Waals surface area contributed by atoms with E-state index in [1.165, 1.54) is 11.0 Å². The van der Waals surface area contributed by atoms with E-state index in [2.05, 4.69) is 15.0 Å². The summed E-state index contributed by atoms with van der Waals surface area (Å²) in [4.78, 5) is 30.7. The van der Waals surface area contributed by atoms with E-state index in [1.807, 2.05) is 35.2 Å². The van der Waals surface area contributed by atoms with Crippen molar-refractivity contribution in [3.63, 3.8) is 0 Å². The Labute approximate surface area is 182 Å². The van der Waals surface area contributed by atoms with E-state index >= 15 is 0 Å². The molecular formula is C21H20N6O5.